The molecule has 0 N–H and O–H groups in total. The van der Waals surface area contributed by atoms with Crippen molar-refractivity contribution in [1.29, 1.82) is 0 Å². The highest BCUT2D eigenvalue weighted by Gasteiger charge is 2.02. The maximum absolute atomic E-state index is 12.7. The Morgan fingerprint density at radius 1 is 1.05 bits per heavy atom. The lowest BCUT2D eigenvalue weighted by Gasteiger charge is -2.04. The van der Waals surface area contributed by atoms with Gasteiger partial charge in [0.25, 0.3) is 0 Å². The third-order valence-corrected chi connectivity index (χ3v) is 2.70. The van der Waals surface area contributed by atoms with Gasteiger partial charge in [0.2, 0.25) is 0 Å². The van der Waals surface area contributed by atoms with Gasteiger partial charge in [-0.15, -0.1) is 0 Å². The van der Waals surface area contributed by atoms with Gasteiger partial charge in [-0.25, -0.2) is 9.18 Å². The number of halogens is 1. The Labute approximate surface area is 117 Å². The first-order chi connectivity index (χ1) is 9.52. The average molecular weight is 270 g/mol. The molecule has 3 heteroatoms. The molecule has 0 aliphatic heterocycles. The minimum absolute atomic E-state index is 0.306. The molecule has 0 saturated heterocycles. The summed E-state index contributed by atoms with van der Waals surface area (Å²) in [4.78, 5) is 11.7. The molecule has 0 bridgehead atoms. The van der Waals surface area contributed by atoms with E-state index < -0.39 is 5.97 Å². The highest BCUT2D eigenvalue weighted by atomic mass is 19.1. The van der Waals surface area contributed by atoms with Crippen molar-refractivity contribution >= 4 is 12.0 Å². The zero-order valence-electron chi connectivity index (χ0n) is 11.4. The molecular formula is C17H15FO2. The molecule has 0 fully saturated rings. The fourth-order valence-corrected chi connectivity index (χ4v) is 1.88. The smallest absolute Gasteiger partial charge is 0.336 e. The number of benzene rings is 2. The Morgan fingerprint density at radius 3 is 2.25 bits per heavy atom. The molecule has 0 unspecified atom stereocenters. The van der Waals surface area contributed by atoms with Gasteiger partial charge in [0.05, 0.1) is 0 Å². The molecule has 0 aliphatic carbocycles. The van der Waals surface area contributed by atoms with Crippen LogP contribution in [0.25, 0.3) is 6.08 Å². The van der Waals surface area contributed by atoms with E-state index in [0.717, 1.165) is 16.7 Å². The summed E-state index contributed by atoms with van der Waals surface area (Å²) in [7, 11) is 0. The fraction of sp³-hybridized carbons (Fsp3) is 0.118. The minimum Gasteiger partial charge on any atom is -0.423 e. The summed E-state index contributed by atoms with van der Waals surface area (Å²) >= 11 is 0. The minimum atomic E-state index is -0.459. The normalized spacial score (nSPS) is 10.8. The van der Waals surface area contributed by atoms with Crippen LogP contribution < -0.4 is 4.74 Å². The van der Waals surface area contributed by atoms with E-state index in [1.165, 1.54) is 18.2 Å². The van der Waals surface area contributed by atoms with Crippen molar-refractivity contribution in [2.75, 3.05) is 0 Å². The monoisotopic (exact) mass is 270 g/mol. The summed E-state index contributed by atoms with van der Waals surface area (Å²) in [6.45, 7) is 3.89. The van der Waals surface area contributed by atoms with Crippen molar-refractivity contribution in [2.45, 2.75) is 13.8 Å². The maximum Gasteiger partial charge on any atom is 0.336 e. The van der Waals surface area contributed by atoms with Gasteiger partial charge in [0.15, 0.2) is 0 Å². The van der Waals surface area contributed by atoms with Gasteiger partial charge in [-0.3, -0.25) is 0 Å². The molecule has 0 aromatic heterocycles. The molecule has 0 radical (unpaired) electrons. The van der Waals surface area contributed by atoms with Crippen LogP contribution in [-0.2, 0) is 4.79 Å². The molecule has 0 atom stereocenters. The molecule has 2 nitrogen and oxygen atoms in total. The third-order valence-electron chi connectivity index (χ3n) is 2.70. The van der Waals surface area contributed by atoms with Crippen LogP contribution in [0.15, 0.2) is 48.5 Å². The predicted molar refractivity (Wildman–Crippen MR) is 77.0 cm³/mol. The molecule has 0 spiro atoms. The van der Waals surface area contributed by atoms with Gasteiger partial charge in [-0.05, 0) is 60.9 Å². The molecule has 102 valence electrons. The summed E-state index contributed by atoms with van der Waals surface area (Å²) in [6.07, 6.45) is 2.91. The quantitative estimate of drug-likeness (QED) is 0.477. The van der Waals surface area contributed by atoms with Crippen LogP contribution in [0, 0.1) is 19.7 Å². The van der Waals surface area contributed by atoms with Crippen LogP contribution in [0.3, 0.4) is 0 Å². The van der Waals surface area contributed by atoms with Crippen LogP contribution in [0.5, 0.6) is 5.75 Å². The molecule has 2 rings (SSSR count). The van der Waals surface area contributed by atoms with E-state index >= 15 is 0 Å². The van der Waals surface area contributed by atoms with Gasteiger partial charge in [-0.2, -0.15) is 0 Å². The maximum atomic E-state index is 12.7. The highest BCUT2D eigenvalue weighted by Crippen LogP contribution is 2.16. The van der Waals surface area contributed by atoms with Crippen molar-refractivity contribution in [2.24, 2.45) is 0 Å². The first-order valence-electron chi connectivity index (χ1n) is 6.27. The molecule has 20 heavy (non-hydrogen) atoms. The number of carbonyl (C=O) groups is 1. The van der Waals surface area contributed by atoms with Crippen molar-refractivity contribution in [3.8, 4) is 5.75 Å². The van der Waals surface area contributed by atoms with E-state index in [4.69, 9.17) is 4.74 Å². The Morgan fingerprint density at radius 2 is 1.65 bits per heavy atom. The van der Waals surface area contributed by atoms with E-state index in [1.807, 2.05) is 19.9 Å². The number of hydrogen-bond acceptors (Lipinski definition) is 2. The first-order valence-corrected chi connectivity index (χ1v) is 6.27. The topological polar surface area (TPSA) is 26.3 Å². The predicted octanol–water partition coefficient (Wildman–Crippen LogP) is 4.06. The fourth-order valence-electron chi connectivity index (χ4n) is 1.88. The van der Waals surface area contributed by atoms with Crippen molar-refractivity contribution in [1.82, 2.24) is 0 Å². The number of hydrogen-bond donors (Lipinski definition) is 0. The number of rotatable bonds is 3. The second-order valence-electron chi connectivity index (χ2n) is 4.63. The first kappa shape index (κ1) is 14.0. The number of esters is 1. The number of carbonyl (C=O) groups excluding carboxylic acids is 1. The van der Waals surface area contributed by atoms with Crippen molar-refractivity contribution in [3.63, 3.8) is 0 Å². The Kier molecular flexibility index (Phi) is 4.31. The number of ether oxygens (including phenoxy) is 1. The van der Waals surface area contributed by atoms with Crippen LogP contribution in [0.2, 0.25) is 0 Å². The Hall–Kier alpha value is -2.42. The van der Waals surface area contributed by atoms with Gasteiger partial charge in [0.1, 0.15) is 11.6 Å². The van der Waals surface area contributed by atoms with Crippen LogP contribution in [-0.4, -0.2) is 5.97 Å². The zero-order valence-corrected chi connectivity index (χ0v) is 11.4. The number of aryl methyl sites for hydroxylation is 2. The summed E-state index contributed by atoms with van der Waals surface area (Å²) in [5, 5.41) is 0. The van der Waals surface area contributed by atoms with E-state index in [1.54, 1.807) is 30.3 Å². The molecule has 0 saturated carbocycles. The van der Waals surface area contributed by atoms with E-state index in [9.17, 15) is 9.18 Å². The molecule has 2 aromatic carbocycles. The molecule has 0 aliphatic rings. The second-order valence-corrected chi connectivity index (χ2v) is 4.63. The van der Waals surface area contributed by atoms with Gasteiger partial charge in [-0.1, -0.05) is 18.2 Å². The van der Waals surface area contributed by atoms with Gasteiger partial charge in [0, 0.05) is 6.08 Å². The average Bonchev–Trinajstić information content (AvgIpc) is 2.37. The van der Waals surface area contributed by atoms with Crippen molar-refractivity contribution < 1.29 is 13.9 Å². The van der Waals surface area contributed by atoms with Crippen LogP contribution in [0.4, 0.5) is 4.39 Å². The molecular weight excluding hydrogens is 255 g/mol. The second kappa shape index (κ2) is 6.15. The summed E-state index contributed by atoms with van der Waals surface area (Å²) < 4.78 is 18.0. The van der Waals surface area contributed by atoms with E-state index in [-0.39, 0.29) is 5.82 Å². The lowest BCUT2D eigenvalue weighted by Crippen LogP contribution is -2.04. The van der Waals surface area contributed by atoms with Gasteiger partial charge >= 0.3 is 5.97 Å². The summed E-state index contributed by atoms with van der Waals surface area (Å²) in [6, 6.07) is 11.5. The summed E-state index contributed by atoms with van der Waals surface area (Å²) in [5.74, 6) is -0.240. The lowest BCUT2D eigenvalue weighted by atomic mass is 10.1. The third kappa shape index (κ3) is 4.05. The van der Waals surface area contributed by atoms with Crippen LogP contribution in [0.1, 0.15) is 16.7 Å². The summed E-state index contributed by atoms with van der Waals surface area (Å²) in [5.41, 5.74) is 2.81. The molecule has 0 heterocycles. The lowest BCUT2D eigenvalue weighted by molar-refractivity contribution is -0.128. The highest BCUT2D eigenvalue weighted by molar-refractivity contribution is 5.88. The standard InChI is InChI=1S/C17H15FO2/c1-12-9-13(2)11-16(10-12)20-17(19)8-5-14-3-6-15(18)7-4-14/h3-11H,1-2H3/b8-5+. The van der Waals surface area contributed by atoms with Gasteiger partial charge < -0.3 is 4.74 Å². The van der Waals surface area contributed by atoms with E-state index in [0.29, 0.717) is 5.75 Å². The molecule has 2 aromatic rings. The van der Waals surface area contributed by atoms with Crippen LogP contribution >= 0.6 is 0 Å². The Balaban J connectivity index is 2.03. The Bertz CT molecular complexity index is 622. The van der Waals surface area contributed by atoms with E-state index in [2.05, 4.69) is 0 Å². The molecule has 0 amide bonds. The largest absolute Gasteiger partial charge is 0.423 e. The SMILES string of the molecule is Cc1cc(C)cc(OC(=O)/C=C/c2ccc(F)cc2)c1. The van der Waals surface area contributed by atoms with Crippen molar-refractivity contribution in [3.05, 3.63) is 71.0 Å². The zero-order chi connectivity index (χ0) is 14.5.